The van der Waals surface area contributed by atoms with Crippen LogP contribution in [0.2, 0.25) is 0 Å². The highest BCUT2D eigenvalue weighted by Crippen LogP contribution is 2.26. The van der Waals surface area contributed by atoms with Crippen LogP contribution >= 0.6 is 0 Å². The third kappa shape index (κ3) is 3.73. The highest BCUT2D eigenvalue weighted by atomic mass is 19.1. The van der Waals surface area contributed by atoms with Gasteiger partial charge in [-0.15, -0.1) is 0 Å². The predicted octanol–water partition coefficient (Wildman–Crippen LogP) is 4.29. The molecular weight excluding hydrogens is 315 g/mol. The molecule has 0 bridgehead atoms. The van der Waals surface area contributed by atoms with Gasteiger partial charge in [-0.05, 0) is 35.4 Å². The van der Waals surface area contributed by atoms with Crippen LogP contribution in [0.1, 0.15) is 21.5 Å². The van der Waals surface area contributed by atoms with Gasteiger partial charge < -0.3 is 5.32 Å². The van der Waals surface area contributed by atoms with E-state index in [0.29, 0.717) is 27.8 Å². The third-order valence-corrected chi connectivity index (χ3v) is 3.85. The van der Waals surface area contributed by atoms with Crippen LogP contribution in [-0.2, 0) is 6.54 Å². The number of benzene rings is 3. The number of amides is 1. The zero-order valence-electron chi connectivity index (χ0n) is 13.4. The van der Waals surface area contributed by atoms with Crippen molar-refractivity contribution in [1.29, 1.82) is 5.26 Å². The van der Waals surface area contributed by atoms with E-state index in [2.05, 4.69) is 11.4 Å². The molecule has 0 aliphatic rings. The monoisotopic (exact) mass is 330 g/mol. The van der Waals surface area contributed by atoms with Crippen molar-refractivity contribution in [2.24, 2.45) is 0 Å². The van der Waals surface area contributed by atoms with E-state index >= 15 is 0 Å². The Morgan fingerprint density at radius 3 is 2.44 bits per heavy atom. The van der Waals surface area contributed by atoms with Gasteiger partial charge in [0.25, 0.3) is 5.91 Å². The molecule has 4 heteroatoms. The van der Waals surface area contributed by atoms with Crippen molar-refractivity contribution < 1.29 is 9.18 Å². The first-order valence-corrected chi connectivity index (χ1v) is 7.80. The third-order valence-electron chi connectivity index (χ3n) is 3.85. The number of nitrogens with one attached hydrogen (secondary N) is 1. The summed E-state index contributed by atoms with van der Waals surface area (Å²) in [7, 11) is 0. The van der Waals surface area contributed by atoms with E-state index in [1.54, 1.807) is 36.4 Å². The summed E-state index contributed by atoms with van der Waals surface area (Å²) in [5.74, 6) is -0.609. The number of hydrogen-bond donors (Lipinski definition) is 1. The Labute approximate surface area is 145 Å². The van der Waals surface area contributed by atoms with Crippen LogP contribution in [0.25, 0.3) is 11.1 Å². The van der Waals surface area contributed by atoms with E-state index in [0.717, 1.165) is 0 Å². The van der Waals surface area contributed by atoms with Gasteiger partial charge in [0.15, 0.2) is 0 Å². The molecule has 0 aliphatic carbocycles. The molecule has 0 radical (unpaired) electrons. The maximum absolute atomic E-state index is 13.2. The van der Waals surface area contributed by atoms with Gasteiger partial charge in [0.1, 0.15) is 5.82 Å². The number of halogens is 1. The molecule has 0 heterocycles. The molecule has 0 spiro atoms. The SMILES string of the molecule is N#Cc1ccccc1-c1ccccc1C(=O)NCc1cccc(F)c1. The Morgan fingerprint density at radius 1 is 0.960 bits per heavy atom. The van der Waals surface area contributed by atoms with Gasteiger partial charge in [-0.2, -0.15) is 5.26 Å². The van der Waals surface area contributed by atoms with Crippen LogP contribution in [0.5, 0.6) is 0 Å². The van der Waals surface area contributed by atoms with Crippen LogP contribution < -0.4 is 5.32 Å². The van der Waals surface area contributed by atoms with Crippen LogP contribution in [0, 0.1) is 17.1 Å². The molecule has 3 aromatic rings. The summed E-state index contributed by atoms with van der Waals surface area (Å²) in [6.45, 7) is 0.227. The smallest absolute Gasteiger partial charge is 0.252 e. The lowest BCUT2D eigenvalue weighted by Crippen LogP contribution is -2.23. The van der Waals surface area contributed by atoms with E-state index in [1.807, 2.05) is 24.3 Å². The van der Waals surface area contributed by atoms with Crippen LogP contribution in [0.15, 0.2) is 72.8 Å². The largest absolute Gasteiger partial charge is 0.348 e. The molecule has 0 fully saturated rings. The maximum atomic E-state index is 13.2. The summed E-state index contributed by atoms with van der Waals surface area (Å²) in [6, 6.07) is 22.5. The number of hydrogen-bond acceptors (Lipinski definition) is 2. The first-order valence-electron chi connectivity index (χ1n) is 7.80. The molecule has 25 heavy (non-hydrogen) atoms. The van der Waals surface area contributed by atoms with Crippen molar-refractivity contribution in [3.05, 3.63) is 95.3 Å². The van der Waals surface area contributed by atoms with E-state index in [1.165, 1.54) is 12.1 Å². The minimum atomic E-state index is -0.338. The second kappa shape index (κ2) is 7.41. The van der Waals surface area contributed by atoms with Crippen LogP contribution in [0.3, 0.4) is 0 Å². The lowest BCUT2D eigenvalue weighted by Gasteiger charge is -2.11. The molecular formula is C21H15FN2O. The van der Waals surface area contributed by atoms with Gasteiger partial charge >= 0.3 is 0 Å². The quantitative estimate of drug-likeness (QED) is 0.775. The van der Waals surface area contributed by atoms with Gasteiger partial charge in [-0.1, -0.05) is 48.5 Å². The van der Waals surface area contributed by atoms with Gasteiger partial charge in [-0.3, -0.25) is 4.79 Å². The van der Waals surface area contributed by atoms with Crippen molar-refractivity contribution in [3.8, 4) is 17.2 Å². The molecule has 1 amide bonds. The maximum Gasteiger partial charge on any atom is 0.252 e. The van der Waals surface area contributed by atoms with Gasteiger partial charge in [0.05, 0.1) is 11.6 Å². The van der Waals surface area contributed by atoms with Gasteiger partial charge in [-0.25, -0.2) is 4.39 Å². The molecule has 0 saturated carbocycles. The normalized spacial score (nSPS) is 10.1. The fraction of sp³-hybridized carbons (Fsp3) is 0.0476. The summed E-state index contributed by atoms with van der Waals surface area (Å²) < 4.78 is 13.2. The van der Waals surface area contributed by atoms with Crippen molar-refractivity contribution >= 4 is 5.91 Å². The molecule has 1 N–H and O–H groups in total. The summed E-state index contributed by atoms with van der Waals surface area (Å²) in [6.07, 6.45) is 0. The van der Waals surface area contributed by atoms with Crippen LogP contribution in [0.4, 0.5) is 4.39 Å². The average molecular weight is 330 g/mol. The Kier molecular flexibility index (Phi) is 4.87. The predicted molar refractivity (Wildman–Crippen MR) is 94.2 cm³/mol. The average Bonchev–Trinajstić information content (AvgIpc) is 2.66. The first-order chi connectivity index (χ1) is 12.2. The topological polar surface area (TPSA) is 52.9 Å². The van der Waals surface area contributed by atoms with E-state index in [-0.39, 0.29) is 18.3 Å². The minimum absolute atomic E-state index is 0.227. The number of nitriles is 1. The Morgan fingerprint density at radius 2 is 1.68 bits per heavy atom. The summed E-state index contributed by atoms with van der Waals surface area (Å²) in [5, 5.41) is 12.1. The van der Waals surface area contributed by atoms with Gasteiger partial charge in [0.2, 0.25) is 0 Å². The molecule has 0 unspecified atom stereocenters. The molecule has 3 rings (SSSR count). The van der Waals surface area contributed by atoms with E-state index in [9.17, 15) is 14.4 Å². The highest BCUT2D eigenvalue weighted by Gasteiger charge is 2.14. The molecule has 0 atom stereocenters. The molecule has 0 aliphatic heterocycles. The summed E-state index contributed by atoms with van der Waals surface area (Å²) in [4.78, 5) is 12.6. The van der Waals surface area contributed by atoms with E-state index < -0.39 is 0 Å². The lowest BCUT2D eigenvalue weighted by atomic mass is 9.95. The van der Waals surface area contributed by atoms with Crippen molar-refractivity contribution in [2.45, 2.75) is 6.54 Å². The van der Waals surface area contributed by atoms with Gasteiger partial charge in [0, 0.05) is 17.7 Å². The van der Waals surface area contributed by atoms with E-state index in [4.69, 9.17) is 0 Å². The molecule has 3 nitrogen and oxygen atoms in total. The number of carbonyl (C=O) groups excluding carboxylic acids is 1. The fourth-order valence-corrected chi connectivity index (χ4v) is 2.66. The number of carbonyl (C=O) groups is 1. The minimum Gasteiger partial charge on any atom is -0.348 e. The first kappa shape index (κ1) is 16.4. The second-order valence-corrected chi connectivity index (χ2v) is 5.52. The Bertz CT molecular complexity index is 960. The zero-order valence-corrected chi connectivity index (χ0v) is 13.4. The zero-order chi connectivity index (χ0) is 17.6. The standard InChI is InChI=1S/C21H15FN2O/c22-17-8-5-6-15(12-17)14-24-21(25)20-11-4-3-10-19(20)18-9-2-1-7-16(18)13-23/h1-12H,14H2,(H,24,25). The molecule has 0 aromatic heterocycles. The highest BCUT2D eigenvalue weighted by molar-refractivity contribution is 6.01. The molecule has 122 valence electrons. The second-order valence-electron chi connectivity index (χ2n) is 5.52. The fourth-order valence-electron chi connectivity index (χ4n) is 2.66. The molecule has 0 saturated heterocycles. The number of nitrogens with zero attached hydrogens (tertiary/aromatic N) is 1. The molecule has 3 aromatic carbocycles. The Balaban J connectivity index is 1.88. The van der Waals surface area contributed by atoms with Crippen molar-refractivity contribution in [3.63, 3.8) is 0 Å². The van der Waals surface area contributed by atoms with Crippen molar-refractivity contribution in [1.82, 2.24) is 5.32 Å². The summed E-state index contributed by atoms with van der Waals surface area (Å²) >= 11 is 0. The van der Waals surface area contributed by atoms with Crippen LogP contribution in [-0.4, -0.2) is 5.91 Å². The summed E-state index contributed by atoms with van der Waals surface area (Å²) in [5.41, 5.74) is 3.07. The Hall–Kier alpha value is -3.45. The lowest BCUT2D eigenvalue weighted by molar-refractivity contribution is 0.0951. The number of rotatable bonds is 4. The van der Waals surface area contributed by atoms with Crippen molar-refractivity contribution in [2.75, 3.05) is 0 Å².